The first kappa shape index (κ1) is 21.4. The average molecular weight is 336 g/mol. The SMILES string of the molecule is CCCCCCCCCCCCS(=O)(=O)NC(C)CC(=O)O. The second kappa shape index (κ2) is 12.9. The van der Waals surface area contributed by atoms with Gasteiger partial charge in [0.05, 0.1) is 12.2 Å². The van der Waals surface area contributed by atoms with Crippen LogP contribution >= 0.6 is 0 Å². The summed E-state index contributed by atoms with van der Waals surface area (Å²) in [5.74, 6) is -0.901. The Bertz CT molecular complexity index is 382. The van der Waals surface area contributed by atoms with E-state index >= 15 is 0 Å². The van der Waals surface area contributed by atoms with E-state index in [1.54, 1.807) is 6.92 Å². The molecule has 2 N–H and O–H groups in total. The molecular weight excluding hydrogens is 302 g/mol. The van der Waals surface area contributed by atoms with Gasteiger partial charge in [-0.05, 0) is 13.3 Å². The molecule has 0 aliphatic rings. The summed E-state index contributed by atoms with van der Waals surface area (Å²) in [6.45, 7) is 3.79. The van der Waals surface area contributed by atoms with Crippen molar-refractivity contribution >= 4 is 16.0 Å². The van der Waals surface area contributed by atoms with Crippen molar-refractivity contribution in [2.24, 2.45) is 0 Å². The summed E-state index contributed by atoms with van der Waals surface area (Å²) in [6.07, 6.45) is 11.4. The Morgan fingerprint density at radius 2 is 1.41 bits per heavy atom. The highest BCUT2D eigenvalue weighted by Gasteiger charge is 2.16. The van der Waals surface area contributed by atoms with Gasteiger partial charge >= 0.3 is 5.97 Å². The Morgan fingerprint density at radius 1 is 0.955 bits per heavy atom. The maximum Gasteiger partial charge on any atom is 0.304 e. The summed E-state index contributed by atoms with van der Waals surface area (Å²) in [6, 6.07) is -0.550. The minimum absolute atomic E-state index is 0.0907. The number of rotatable bonds is 15. The molecule has 0 aliphatic carbocycles. The molecule has 132 valence electrons. The highest BCUT2D eigenvalue weighted by Crippen LogP contribution is 2.11. The first-order chi connectivity index (χ1) is 10.4. The predicted molar refractivity (Wildman–Crippen MR) is 90.5 cm³/mol. The quantitative estimate of drug-likeness (QED) is 0.447. The Kier molecular flexibility index (Phi) is 12.5. The van der Waals surface area contributed by atoms with Gasteiger partial charge in [-0.15, -0.1) is 0 Å². The highest BCUT2D eigenvalue weighted by atomic mass is 32.2. The Labute approximate surface area is 135 Å². The molecule has 0 radical (unpaired) electrons. The van der Waals surface area contributed by atoms with Crippen LogP contribution in [0, 0.1) is 0 Å². The van der Waals surface area contributed by atoms with Crippen LogP contribution in [0.25, 0.3) is 0 Å². The van der Waals surface area contributed by atoms with Crippen LogP contribution in [0.4, 0.5) is 0 Å². The van der Waals surface area contributed by atoms with Crippen LogP contribution in [0.2, 0.25) is 0 Å². The number of hydrogen-bond donors (Lipinski definition) is 2. The van der Waals surface area contributed by atoms with E-state index in [1.807, 2.05) is 0 Å². The van der Waals surface area contributed by atoms with Gasteiger partial charge in [0.25, 0.3) is 0 Å². The molecule has 0 aromatic rings. The molecule has 0 aliphatic heterocycles. The number of aliphatic carboxylic acids is 1. The summed E-state index contributed by atoms with van der Waals surface area (Å²) in [4.78, 5) is 10.5. The summed E-state index contributed by atoms with van der Waals surface area (Å²) in [5, 5.41) is 8.61. The van der Waals surface area contributed by atoms with Crippen molar-refractivity contribution in [3.05, 3.63) is 0 Å². The summed E-state index contributed by atoms with van der Waals surface area (Å²) in [5.41, 5.74) is 0. The number of hydrogen-bond acceptors (Lipinski definition) is 3. The van der Waals surface area contributed by atoms with E-state index < -0.39 is 22.0 Å². The average Bonchev–Trinajstić information content (AvgIpc) is 2.39. The molecule has 0 fully saturated rings. The van der Waals surface area contributed by atoms with Gasteiger partial charge < -0.3 is 5.11 Å². The molecular formula is C16H33NO4S. The van der Waals surface area contributed by atoms with Crippen molar-refractivity contribution in [2.75, 3.05) is 5.75 Å². The third-order valence-corrected chi connectivity index (χ3v) is 5.22. The first-order valence-corrected chi connectivity index (χ1v) is 10.2. The van der Waals surface area contributed by atoms with E-state index in [1.165, 1.54) is 44.9 Å². The molecule has 0 bridgehead atoms. The van der Waals surface area contributed by atoms with E-state index in [2.05, 4.69) is 11.6 Å². The molecule has 22 heavy (non-hydrogen) atoms. The summed E-state index contributed by atoms with van der Waals surface area (Å²) < 4.78 is 25.9. The lowest BCUT2D eigenvalue weighted by Crippen LogP contribution is -2.35. The minimum atomic E-state index is -3.35. The lowest BCUT2D eigenvalue weighted by molar-refractivity contribution is -0.137. The van der Waals surface area contributed by atoms with Crippen molar-refractivity contribution in [2.45, 2.75) is 90.5 Å². The van der Waals surface area contributed by atoms with Gasteiger partial charge in [0, 0.05) is 6.04 Å². The third-order valence-electron chi connectivity index (χ3n) is 3.63. The number of nitrogens with one attached hydrogen (secondary N) is 1. The fraction of sp³-hybridized carbons (Fsp3) is 0.938. The fourth-order valence-electron chi connectivity index (χ4n) is 2.45. The standard InChI is InChI=1S/C16H33NO4S/c1-3-4-5-6-7-8-9-10-11-12-13-22(20,21)17-15(2)14-16(18)19/h15,17H,3-14H2,1-2H3,(H,18,19). The van der Waals surface area contributed by atoms with E-state index in [4.69, 9.17) is 5.11 Å². The number of sulfonamides is 1. The molecule has 0 aromatic heterocycles. The van der Waals surface area contributed by atoms with E-state index in [9.17, 15) is 13.2 Å². The van der Waals surface area contributed by atoms with Crippen LogP contribution in [0.1, 0.15) is 84.5 Å². The van der Waals surface area contributed by atoms with E-state index in [0.29, 0.717) is 6.42 Å². The van der Waals surface area contributed by atoms with Gasteiger partial charge in [0.15, 0.2) is 0 Å². The summed E-state index contributed by atoms with van der Waals surface area (Å²) >= 11 is 0. The number of carboxylic acids is 1. The lowest BCUT2D eigenvalue weighted by Gasteiger charge is -2.12. The molecule has 0 spiro atoms. The topological polar surface area (TPSA) is 83.5 Å². The van der Waals surface area contributed by atoms with Crippen LogP contribution in [-0.4, -0.2) is 31.3 Å². The van der Waals surface area contributed by atoms with Gasteiger partial charge in [-0.3, -0.25) is 4.79 Å². The molecule has 6 heteroatoms. The van der Waals surface area contributed by atoms with Crippen LogP contribution in [0.15, 0.2) is 0 Å². The predicted octanol–water partition coefficient (Wildman–Crippen LogP) is 3.69. The van der Waals surface area contributed by atoms with Crippen LogP contribution in [0.3, 0.4) is 0 Å². The minimum Gasteiger partial charge on any atom is -0.481 e. The second-order valence-corrected chi connectivity index (χ2v) is 7.99. The normalized spacial score (nSPS) is 13.2. The van der Waals surface area contributed by atoms with E-state index in [-0.39, 0.29) is 12.2 Å². The first-order valence-electron chi connectivity index (χ1n) is 8.59. The Morgan fingerprint density at radius 3 is 1.86 bits per heavy atom. The molecule has 0 aromatic carbocycles. The van der Waals surface area contributed by atoms with Crippen molar-refractivity contribution in [3.63, 3.8) is 0 Å². The zero-order valence-corrected chi connectivity index (χ0v) is 15.0. The van der Waals surface area contributed by atoms with Crippen molar-refractivity contribution in [1.82, 2.24) is 4.72 Å². The maximum atomic E-state index is 11.8. The number of carboxylic acid groups (broad SMARTS) is 1. The van der Waals surface area contributed by atoms with Crippen molar-refractivity contribution in [1.29, 1.82) is 0 Å². The maximum absolute atomic E-state index is 11.8. The molecule has 0 heterocycles. The summed E-state index contributed by atoms with van der Waals surface area (Å²) in [7, 11) is -3.35. The zero-order chi connectivity index (χ0) is 16.8. The molecule has 0 saturated carbocycles. The van der Waals surface area contributed by atoms with Gasteiger partial charge in [-0.25, -0.2) is 13.1 Å². The molecule has 0 rings (SSSR count). The smallest absolute Gasteiger partial charge is 0.304 e. The molecule has 1 unspecified atom stereocenters. The molecule has 1 atom stereocenters. The Balaban J connectivity index is 3.55. The third kappa shape index (κ3) is 14.3. The van der Waals surface area contributed by atoms with Gasteiger partial charge in [0.2, 0.25) is 10.0 Å². The van der Waals surface area contributed by atoms with E-state index in [0.717, 1.165) is 12.8 Å². The monoisotopic (exact) mass is 335 g/mol. The van der Waals surface area contributed by atoms with Crippen LogP contribution in [0.5, 0.6) is 0 Å². The fourth-order valence-corrected chi connectivity index (χ4v) is 3.85. The van der Waals surface area contributed by atoms with Crippen LogP contribution < -0.4 is 4.72 Å². The highest BCUT2D eigenvalue weighted by molar-refractivity contribution is 7.89. The number of carbonyl (C=O) groups is 1. The van der Waals surface area contributed by atoms with Gasteiger partial charge in [0.1, 0.15) is 0 Å². The van der Waals surface area contributed by atoms with Crippen molar-refractivity contribution < 1.29 is 18.3 Å². The second-order valence-electron chi connectivity index (χ2n) is 6.12. The molecule has 0 amide bonds. The Hall–Kier alpha value is -0.620. The number of unbranched alkanes of at least 4 members (excludes halogenated alkanes) is 9. The lowest BCUT2D eigenvalue weighted by atomic mass is 10.1. The van der Waals surface area contributed by atoms with Crippen LogP contribution in [-0.2, 0) is 14.8 Å². The molecule has 0 saturated heterocycles. The zero-order valence-electron chi connectivity index (χ0n) is 14.1. The van der Waals surface area contributed by atoms with Gasteiger partial charge in [-0.2, -0.15) is 0 Å². The van der Waals surface area contributed by atoms with Gasteiger partial charge in [-0.1, -0.05) is 64.7 Å². The largest absolute Gasteiger partial charge is 0.481 e. The van der Waals surface area contributed by atoms with Crippen molar-refractivity contribution in [3.8, 4) is 0 Å². The molecule has 5 nitrogen and oxygen atoms in total.